The first kappa shape index (κ1) is 21.1. The van der Waals surface area contributed by atoms with E-state index in [1.54, 1.807) is 46.6 Å². The Hall–Kier alpha value is -3.45. The molecular weight excluding hydrogens is 452 g/mol. The molecule has 0 spiro atoms. The Bertz CT molecular complexity index is 1380. The number of aromatic nitrogens is 1. The van der Waals surface area contributed by atoms with Crippen molar-refractivity contribution in [3.63, 3.8) is 0 Å². The largest absolute Gasteiger partial charge is 0.323 e. The van der Waals surface area contributed by atoms with Gasteiger partial charge in [-0.05, 0) is 73.2 Å². The van der Waals surface area contributed by atoms with Gasteiger partial charge in [0.15, 0.2) is 0 Å². The number of carbonyl (C=O) groups is 1. The Labute approximate surface area is 200 Å². The van der Waals surface area contributed by atoms with Gasteiger partial charge in [-0.25, -0.2) is 13.6 Å². The van der Waals surface area contributed by atoms with Crippen LogP contribution in [0.5, 0.6) is 0 Å². The number of urea groups is 1. The van der Waals surface area contributed by atoms with Crippen LogP contribution in [0.2, 0.25) is 0 Å². The molecule has 0 saturated heterocycles. The first-order chi connectivity index (χ1) is 16.6. The van der Waals surface area contributed by atoms with Crippen molar-refractivity contribution in [1.29, 1.82) is 0 Å². The van der Waals surface area contributed by atoms with Crippen molar-refractivity contribution in [3.05, 3.63) is 106 Å². The number of para-hydroxylation sites is 1. The number of carbonyl (C=O) groups excluding carboxylic acids is 1. The fraction of sp³-hybridized carbons (Fsp3) is 0.222. The molecular formula is C27H23F2N3OS. The zero-order valence-electron chi connectivity index (χ0n) is 18.4. The average Bonchev–Trinajstić information content (AvgIpc) is 3.43. The smallest absolute Gasteiger partial charge is 0.310 e. The van der Waals surface area contributed by atoms with Gasteiger partial charge in [0.2, 0.25) is 0 Å². The lowest BCUT2D eigenvalue weighted by Crippen LogP contribution is -2.38. The van der Waals surface area contributed by atoms with Gasteiger partial charge in [-0.1, -0.05) is 24.3 Å². The summed E-state index contributed by atoms with van der Waals surface area (Å²) >= 11 is 1.80. The molecule has 0 fully saturated rings. The number of hydrogen-bond acceptors (Lipinski definition) is 2. The highest BCUT2D eigenvalue weighted by molar-refractivity contribution is 7.15. The van der Waals surface area contributed by atoms with Crippen molar-refractivity contribution in [2.24, 2.45) is 0 Å². The highest BCUT2D eigenvalue weighted by Crippen LogP contribution is 2.44. The Morgan fingerprint density at radius 2 is 1.74 bits per heavy atom. The molecule has 0 bridgehead atoms. The van der Waals surface area contributed by atoms with Gasteiger partial charge < -0.3 is 14.8 Å². The summed E-state index contributed by atoms with van der Waals surface area (Å²) in [6, 6.07) is 15.6. The minimum absolute atomic E-state index is 0.137. The van der Waals surface area contributed by atoms with E-state index in [0.29, 0.717) is 6.54 Å². The predicted octanol–water partition coefficient (Wildman–Crippen LogP) is 6.83. The van der Waals surface area contributed by atoms with Crippen molar-refractivity contribution in [1.82, 2.24) is 9.47 Å². The van der Waals surface area contributed by atoms with Crippen LogP contribution in [0, 0.1) is 11.6 Å². The third-order valence-corrected chi connectivity index (χ3v) is 8.07. The number of aryl methyl sites for hydroxylation is 1. The maximum Gasteiger partial charge on any atom is 0.323 e. The number of nitrogens with one attached hydrogen (secondary N) is 1. The van der Waals surface area contributed by atoms with Crippen LogP contribution in [0.3, 0.4) is 0 Å². The quantitative estimate of drug-likeness (QED) is 0.339. The summed E-state index contributed by atoms with van der Waals surface area (Å²) in [5.41, 5.74) is 4.36. The van der Waals surface area contributed by atoms with Gasteiger partial charge in [-0.15, -0.1) is 11.3 Å². The van der Waals surface area contributed by atoms with Crippen LogP contribution in [-0.2, 0) is 19.4 Å². The molecule has 1 aliphatic heterocycles. The number of hydrogen-bond donors (Lipinski definition) is 1. The topological polar surface area (TPSA) is 37.3 Å². The number of nitrogens with zero attached hydrogens (tertiary/aromatic N) is 2. The van der Waals surface area contributed by atoms with E-state index in [1.807, 2.05) is 18.3 Å². The first-order valence-electron chi connectivity index (χ1n) is 11.5. The highest BCUT2D eigenvalue weighted by Gasteiger charge is 2.36. The molecule has 1 atom stereocenters. The van der Waals surface area contributed by atoms with Crippen LogP contribution in [0.1, 0.15) is 46.1 Å². The van der Waals surface area contributed by atoms with Crippen molar-refractivity contribution in [2.45, 2.75) is 38.3 Å². The van der Waals surface area contributed by atoms with E-state index in [-0.39, 0.29) is 11.5 Å². The monoisotopic (exact) mass is 475 g/mol. The predicted molar refractivity (Wildman–Crippen MR) is 129 cm³/mol. The molecule has 6 rings (SSSR count). The molecule has 2 amide bonds. The normalized spacial score (nSPS) is 16.9. The summed E-state index contributed by atoms with van der Waals surface area (Å²) < 4.78 is 30.3. The lowest BCUT2D eigenvalue weighted by atomic mass is 9.95. The standard InChI is InChI=1S/C27H23F2N3OS/c28-18-13-11-17(12-14-18)25-23-9-5-15-31(23)26-20(19-6-1-4-10-24(19)34-26)16-32(25)27(33)30-22-8-3-2-7-21(22)29/h2-3,5,7-9,11-15,25H,1,4,6,10,16H2,(H,30,33)/t25-/m0/s1. The number of halogens is 2. The average molecular weight is 476 g/mol. The molecule has 0 radical (unpaired) electrons. The summed E-state index contributed by atoms with van der Waals surface area (Å²) in [5.74, 6) is -0.815. The van der Waals surface area contributed by atoms with Crippen LogP contribution in [-0.4, -0.2) is 15.5 Å². The molecule has 172 valence electrons. The Morgan fingerprint density at radius 1 is 0.941 bits per heavy atom. The summed E-state index contributed by atoms with van der Waals surface area (Å²) in [6.07, 6.45) is 6.41. The lowest BCUT2D eigenvalue weighted by Gasteiger charge is -2.31. The third kappa shape index (κ3) is 3.51. The highest BCUT2D eigenvalue weighted by atomic mass is 32.1. The van der Waals surface area contributed by atoms with E-state index in [4.69, 9.17) is 0 Å². The molecule has 2 aliphatic rings. The second-order valence-corrected chi connectivity index (χ2v) is 9.87. The minimum atomic E-state index is -0.485. The second-order valence-electron chi connectivity index (χ2n) is 8.79. The lowest BCUT2D eigenvalue weighted by molar-refractivity contribution is 0.194. The zero-order chi connectivity index (χ0) is 23.2. The molecule has 0 saturated carbocycles. The summed E-state index contributed by atoms with van der Waals surface area (Å²) in [5, 5.41) is 3.92. The minimum Gasteiger partial charge on any atom is -0.310 e. The van der Waals surface area contributed by atoms with E-state index in [1.165, 1.54) is 35.1 Å². The summed E-state index contributed by atoms with van der Waals surface area (Å²) in [6.45, 7) is 0.394. The van der Waals surface area contributed by atoms with E-state index < -0.39 is 17.9 Å². The van der Waals surface area contributed by atoms with E-state index >= 15 is 0 Å². The van der Waals surface area contributed by atoms with Crippen molar-refractivity contribution in [3.8, 4) is 5.00 Å². The molecule has 2 aromatic carbocycles. The maximum absolute atomic E-state index is 14.4. The van der Waals surface area contributed by atoms with E-state index in [0.717, 1.165) is 41.1 Å². The molecule has 0 unspecified atom stereocenters. The van der Waals surface area contributed by atoms with E-state index in [9.17, 15) is 13.6 Å². The van der Waals surface area contributed by atoms with Gasteiger partial charge in [-0.2, -0.15) is 0 Å². The zero-order valence-corrected chi connectivity index (χ0v) is 19.2. The molecule has 1 N–H and O–H groups in total. The summed E-state index contributed by atoms with van der Waals surface area (Å²) in [4.78, 5) is 16.9. The van der Waals surface area contributed by atoms with Crippen molar-refractivity contribution >= 4 is 23.1 Å². The SMILES string of the molecule is O=C(Nc1ccccc1F)N1Cc2c(sc3c2CCCC3)-n2cccc2[C@@H]1c1ccc(F)cc1. The van der Waals surface area contributed by atoms with Gasteiger partial charge in [0.1, 0.15) is 16.6 Å². The molecule has 4 nitrogen and oxygen atoms in total. The third-order valence-electron chi connectivity index (χ3n) is 6.74. The number of benzene rings is 2. The van der Waals surface area contributed by atoms with Crippen molar-refractivity contribution < 1.29 is 13.6 Å². The molecule has 4 aromatic rings. The van der Waals surface area contributed by atoms with Gasteiger partial charge in [0.25, 0.3) is 0 Å². The Balaban J connectivity index is 1.51. The van der Waals surface area contributed by atoms with Crippen LogP contribution < -0.4 is 5.32 Å². The van der Waals surface area contributed by atoms with Gasteiger partial charge in [0.05, 0.1) is 24.0 Å². The fourth-order valence-corrected chi connectivity index (χ4v) is 6.54. The van der Waals surface area contributed by atoms with Crippen LogP contribution in [0.4, 0.5) is 19.3 Å². The molecule has 3 heterocycles. The molecule has 7 heteroatoms. The summed E-state index contributed by atoms with van der Waals surface area (Å²) in [7, 11) is 0. The Kier molecular flexibility index (Phi) is 5.21. The number of rotatable bonds is 2. The van der Waals surface area contributed by atoms with Crippen molar-refractivity contribution in [2.75, 3.05) is 5.32 Å². The molecule has 34 heavy (non-hydrogen) atoms. The van der Waals surface area contributed by atoms with Gasteiger partial charge >= 0.3 is 6.03 Å². The van der Waals surface area contributed by atoms with Gasteiger partial charge in [-0.3, -0.25) is 0 Å². The van der Waals surface area contributed by atoms with Crippen LogP contribution in [0.15, 0.2) is 66.9 Å². The fourth-order valence-electron chi connectivity index (χ4n) is 5.13. The first-order valence-corrected chi connectivity index (χ1v) is 12.3. The number of fused-ring (bicyclic) bond motifs is 5. The maximum atomic E-state index is 14.4. The second kappa shape index (κ2) is 8.40. The van der Waals surface area contributed by atoms with Gasteiger partial charge in [0, 0.05) is 16.6 Å². The number of anilines is 1. The molecule has 1 aliphatic carbocycles. The van der Waals surface area contributed by atoms with E-state index in [2.05, 4.69) is 9.88 Å². The number of thiophene rings is 1. The number of amides is 2. The van der Waals surface area contributed by atoms with Crippen LogP contribution >= 0.6 is 11.3 Å². The molecule has 2 aromatic heterocycles. The van der Waals surface area contributed by atoms with Crippen LogP contribution in [0.25, 0.3) is 5.00 Å². The Morgan fingerprint density at radius 3 is 2.56 bits per heavy atom.